The lowest BCUT2D eigenvalue weighted by molar-refractivity contribution is -0.131. The molecule has 0 spiro atoms. The number of hydrogen-bond donors (Lipinski definition) is 1. The second-order valence-electron chi connectivity index (χ2n) is 4.20. The molecule has 0 aliphatic heterocycles. The van der Waals surface area contributed by atoms with E-state index in [9.17, 15) is 9.59 Å². The Bertz CT molecular complexity index is 440. The highest BCUT2D eigenvalue weighted by Crippen LogP contribution is 2.19. The summed E-state index contributed by atoms with van der Waals surface area (Å²) < 4.78 is 0. The molecule has 0 saturated carbocycles. The van der Waals surface area contributed by atoms with Crippen molar-refractivity contribution in [2.24, 2.45) is 0 Å². The molecule has 0 radical (unpaired) electrons. The van der Waals surface area contributed by atoms with Crippen molar-refractivity contribution >= 4 is 29.1 Å². The van der Waals surface area contributed by atoms with Crippen LogP contribution in [0.4, 0.5) is 5.69 Å². The summed E-state index contributed by atoms with van der Waals surface area (Å²) in [6, 6.07) is 5.79. The van der Waals surface area contributed by atoms with Crippen LogP contribution in [0.2, 0.25) is 0 Å². The van der Waals surface area contributed by atoms with Crippen LogP contribution in [0.5, 0.6) is 0 Å². The number of rotatable bonds is 4. The fourth-order valence-electron chi connectivity index (χ4n) is 1.60. The van der Waals surface area contributed by atoms with E-state index in [1.165, 1.54) is 4.90 Å². The quantitative estimate of drug-likeness (QED) is 0.849. The number of anilines is 1. The summed E-state index contributed by atoms with van der Waals surface area (Å²) in [5, 5.41) is 2.81. The number of nitrogens with zero attached hydrogens (tertiary/aromatic N) is 1. The molecule has 0 saturated heterocycles. The van der Waals surface area contributed by atoms with Gasteiger partial charge in [0.05, 0.1) is 6.54 Å². The normalized spacial score (nSPS) is 10.0. The van der Waals surface area contributed by atoms with Gasteiger partial charge in [0.15, 0.2) is 0 Å². The SMILES string of the molecule is Cc1cccc(C)c1NC(=O)CN(C)C(=O)CCl. The van der Waals surface area contributed by atoms with Gasteiger partial charge < -0.3 is 10.2 Å². The van der Waals surface area contributed by atoms with Gasteiger partial charge in [-0.15, -0.1) is 11.6 Å². The number of alkyl halides is 1. The first kappa shape index (κ1) is 14.5. The first-order valence-corrected chi connectivity index (χ1v) is 6.15. The molecule has 0 fully saturated rings. The molecule has 18 heavy (non-hydrogen) atoms. The van der Waals surface area contributed by atoms with Crippen LogP contribution in [0, 0.1) is 13.8 Å². The molecule has 1 aromatic carbocycles. The topological polar surface area (TPSA) is 49.4 Å². The highest BCUT2D eigenvalue weighted by Gasteiger charge is 2.13. The Morgan fingerprint density at radius 2 is 1.83 bits per heavy atom. The maximum atomic E-state index is 11.8. The maximum absolute atomic E-state index is 11.8. The summed E-state index contributed by atoms with van der Waals surface area (Å²) in [5.41, 5.74) is 2.79. The highest BCUT2D eigenvalue weighted by atomic mass is 35.5. The smallest absolute Gasteiger partial charge is 0.243 e. The Kier molecular flexibility index (Phi) is 5.16. The van der Waals surface area contributed by atoms with Crippen molar-refractivity contribution in [2.45, 2.75) is 13.8 Å². The Hall–Kier alpha value is -1.55. The van der Waals surface area contributed by atoms with Crippen LogP contribution in [-0.2, 0) is 9.59 Å². The summed E-state index contributed by atoms with van der Waals surface area (Å²) in [6.45, 7) is 3.85. The molecule has 0 aliphatic carbocycles. The van der Waals surface area contributed by atoms with Crippen LogP contribution in [0.1, 0.15) is 11.1 Å². The number of likely N-dealkylation sites (N-methyl/N-ethyl adjacent to an activating group) is 1. The Labute approximate surface area is 112 Å². The Morgan fingerprint density at radius 1 is 1.28 bits per heavy atom. The zero-order valence-electron chi connectivity index (χ0n) is 10.8. The number of carbonyl (C=O) groups excluding carboxylic acids is 2. The third-order valence-electron chi connectivity index (χ3n) is 2.67. The number of halogens is 1. The minimum atomic E-state index is -0.270. The van der Waals surface area contributed by atoms with Crippen LogP contribution >= 0.6 is 11.6 Å². The lowest BCUT2D eigenvalue weighted by Gasteiger charge is -2.17. The molecular weight excluding hydrogens is 252 g/mol. The predicted octanol–water partition coefficient (Wildman–Crippen LogP) is 1.94. The second-order valence-corrected chi connectivity index (χ2v) is 4.47. The number of para-hydroxylation sites is 1. The fraction of sp³-hybridized carbons (Fsp3) is 0.385. The zero-order chi connectivity index (χ0) is 13.7. The lowest BCUT2D eigenvalue weighted by Crippen LogP contribution is -2.35. The third-order valence-corrected chi connectivity index (χ3v) is 2.90. The van der Waals surface area contributed by atoms with E-state index in [2.05, 4.69) is 5.32 Å². The number of hydrogen-bond acceptors (Lipinski definition) is 2. The first-order chi connectivity index (χ1) is 8.45. The molecule has 2 amide bonds. The summed E-state index contributed by atoms with van der Waals surface area (Å²) >= 11 is 5.42. The highest BCUT2D eigenvalue weighted by molar-refractivity contribution is 6.27. The summed E-state index contributed by atoms with van der Waals surface area (Å²) in [7, 11) is 1.55. The van der Waals surface area contributed by atoms with Crippen molar-refractivity contribution in [3.8, 4) is 0 Å². The molecule has 0 aromatic heterocycles. The monoisotopic (exact) mass is 268 g/mol. The van der Waals surface area contributed by atoms with Gasteiger partial charge in [-0.2, -0.15) is 0 Å². The van der Waals surface area contributed by atoms with Crippen LogP contribution in [0.25, 0.3) is 0 Å². The van der Waals surface area contributed by atoms with Crippen molar-refractivity contribution in [1.82, 2.24) is 4.90 Å². The molecule has 5 heteroatoms. The van der Waals surface area contributed by atoms with Crippen molar-refractivity contribution in [3.63, 3.8) is 0 Å². The van der Waals surface area contributed by atoms with Crippen LogP contribution in [0.3, 0.4) is 0 Å². The molecule has 0 atom stereocenters. The van der Waals surface area contributed by atoms with E-state index in [0.29, 0.717) is 0 Å². The minimum absolute atomic E-state index is 0.000667. The second kappa shape index (κ2) is 6.40. The summed E-state index contributed by atoms with van der Waals surface area (Å²) in [4.78, 5) is 24.3. The largest absolute Gasteiger partial charge is 0.335 e. The fourth-order valence-corrected chi connectivity index (χ4v) is 1.80. The molecule has 0 aliphatic rings. The zero-order valence-corrected chi connectivity index (χ0v) is 11.5. The van der Waals surface area contributed by atoms with Crippen molar-refractivity contribution in [2.75, 3.05) is 24.8 Å². The molecule has 4 nitrogen and oxygen atoms in total. The van der Waals surface area contributed by atoms with E-state index < -0.39 is 0 Å². The van der Waals surface area contributed by atoms with Gasteiger partial charge >= 0.3 is 0 Å². The predicted molar refractivity (Wildman–Crippen MR) is 72.9 cm³/mol. The number of carbonyl (C=O) groups is 2. The van der Waals surface area contributed by atoms with Gasteiger partial charge in [0, 0.05) is 12.7 Å². The van der Waals surface area contributed by atoms with E-state index in [-0.39, 0.29) is 24.2 Å². The number of amides is 2. The summed E-state index contributed by atoms with van der Waals surface area (Å²) in [5.74, 6) is -0.616. The Balaban J connectivity index is 2.68. The van der Waals surface area contributed by atoms with E-state index in [1.807, 2.05) is 32.0 Å². The summed E-state index contributed by atoms with van der Waals surface area (Å²) in [6.07, 6.45) is 0. The van der Waals surface area contributed by atoms with Gasteiger partial charge in [0.1, 0.15) is 5.88 Å². The average molecular weight is 269 g/mol. The molecule has 0 bridgehead atoms. The molecule has 0 heterocycles. The third kappa shape index (κ3) is 3.74. The molecule has 1 aromatic rings. The van der Waals surface area contributed by atoms with E-state index >= 15 is 0 Å². The lowest BCUT2D eigenvalue weighted by atomic mass is 10.1. The van der Waals surface area contributed by atoms with E-state index in [0.717, 1.165) is 16.8 Å². The molecule has 0 unspecified atom stereocenters. The Morgan fingerprint density at radius 3 is 2.33 bits per heavy atom. The van der Waals surface area contributed by atoms with E-state index in [4.69, 9.17) is 11.6 Å². The van der Waals surface area contributed by atoms with Gasteiger partial charge in [0.25, 0.3) is 0 Å². The molecule has 98 valence electrons. The van der Waals surface area contributed by atoms with Crippen LogP contribution in [-0.4, -0.2) is 36.2 Å². The number of nitrogens with one attached hydrogen (secondary N) is 1. The van der Waals surface area contributed by atoms with Crippen molar-refractivity contribution in [3.05, 3.63) is 29.3 Å². The van der Waals surface area contributed by atoms with Gasteiger partial charge in [-0.25, -0.2) is 0 Å². The minimum Gasteiger partial charge on any atom is -0.335 e. The van der Waals surface area contributed by atoms with E-state index in [1.54, 1.807) is 7.05 Å². The van der Waals surface area contributed by atoms with Gasteiger partial charge in [-0.1, -0.05) is 18.2 Å². The van der Waals surface area contributed by atoms with Gasteiger partial charge in [-0.3, -0.25) is 9.59 Å². The molecule has 1 rings (SSSR count). The average Bonchev–Trinajstić information content (AvgIpc) is 2.32. The first-order valence-electron chi connectivity index (χ1n) is 5.61. The van der Waals surface area contributed by atoms with Gasteiger partial charge in [0.2, 0.25) is 11.8 Å². The maximum Gasteiger partial charge on any atom is 0.243 e. The molecular formula is C13H17ClN2O2. The number of aryl methyl sites for hydroxylation is 2. The van der Waals surface area contributed by atoms with Crippen LogP contribution in [0.15, 0.2) is 18.2 Å². The number of benzene rings is 1. The van der Waals surface area contributed by atoms with Gasteiger partial charge in [-0.05, 0) is 25.0 Å². The van der Waals surface area contributed by atoms with Crippen molar-refractivity contribution < 1.29 is 9.59 Å². The standard InChI is InChI=1S/C13H17ClN2O2/c1-9-5-4-6-10(2)13(9)15-11(17)8-16(3)12(18)7-14/h4-6H,7-8H2,1-3H3,(H,15,17). The van der Waals surface area contributed by atoms with Crippen molar-refractivity contribution in [1.29, 1.82) is 0 Å². The van der Waals surface area contributed by atoms with Crippen LogP contribution < -0.4 is 5.32 Å². The molecule has 1 N–H and O–H groups in total.